The molecule has 0 saturated carbocycles. The Balaban J connectivity index is 1.81. The maximum atomic E-state index is 12.7. The Labute approximate surface area is 182 Å². The van der Waals surface area contributed by atoms with E-state index in [4.69, 9.17) is 31.2 Å². The second-order valence-electron chi connectivity index (χ2n) is 6.91. The van der Waals surface area contributed by atoms with Crippen molar-refractivity contribution in [3.63, 3.8) is 0 Å². The van der Waals surface area contributed by atoms with Gasteiger partial charge >= 0.3 is 5.97 Å². The summed E-state index contributed by atoms with van der Waals surface area (Å²) in [5.74, 6) is 1.33. The largest absolute Gasteiger partial charge is 0.493 e. The molecule has 0 aliphatic carbocycles. The molecular weight excluding hydrogens is 402 g/mol. The van der Waals surface area contributed by atoms with Crippen LogP contribution in [0.5, 0.6) is 23.0 Å². The first-order valence-electron chi connectivity index (χ1n) is 10.1. The van der Waals surface area contributed by atoms with Crippen molar-refractivity contribution in [1.82, 2.24) is 4.90 Å². The van der Waals surface area contributed by atoms with E-state index in [-0.39, 0.29) is 0 Å². The normalized spacial score (nSPS) is 13.5. The number of ether oxygens (including phenoxy) is 4. The molecule has 0 unspecified atom stereocenters. The minimum Gasteiger partial charge on any atom is -0.493 e. The van der Waals surface area contributed by atoms with Gasteiger partial charge in [-0.15, -0.1) is 0 Å². The molecule has 1 aliphatic heterocycles. The Morgan fingerprint density at radius 3 is 2.20 bits per heavy atom. The molecule has 2 aromatic rings. The molecule has 160 valence electrons. The lowest BCUT2D eigenvalue weighted by Gasteiger charge is -2.29. The van der Waals surface area contributed by atoms with E-state index in [9.17, 15) is 4.79 Å². The van der Waals surface area contributed by atoms with Crippen molar-refractivity contribution in [3.05, 3.63) is 47.5 Å². The number of hydrogen-bond donors (Lipinski definition) is 0. The predicted molar refractivity (Wildman–Crippen MR) is 119 cm³/mol. The van der Waals surface area contributed by atoms with Crippen LogP contribution in [0.1, 0.15) is 42.1 Å². The molecule has 0 N–H and O–H groups in total. The Morgan fingerprint density at radius 1 is 0.900 bits per heavy atom. The molecule has 7 heteroatoms. The van der Waals surface area contributed by atoms with Crippen LogP contribution >= 0.6 is 12.2 Å². The standard InChI is InChI=1S/C23H27NO5S/c1-4-28-21-14-16(22(30)24-12-6-5-7-13-24)8-11-19(21)29-23(25)17-9-10-18(26-2)20(15-17)27-3/h8-11,14-15H,4-7,12-13H2,1-3H3. The minimum atomic E-state index is -0.511. The molecule has 0 aromatic heterocycles. The van der Waals surface area contributed by atoms with Crippen molar-refractivity contribution >= 4 is 23.2 Å². The predicted octanol–water partition coefficient (Wildman–Crippen LogP) is 4.48. The van der Waals surface area contributed by atoms with Gasteiger partial charge in [-0.3, -0.25) is 0 Å². The summed E-state index contributed by atoms with van der Waals surface area (Å²) in [6, 6.07) is 10.3. The van der Waals surface area contributed by atoms with Gasteiger partial charge in [0.15, 0.2) is 23.0 Å². The van der Waals surface area contributed by atoms with Crippen LogP contribution in [0.3, 0.4) is 0 Å². The number of carbonyl (C=O) groups excluding carboxylic acids is 1. The van der Waals surface area contributed by atoms with Gasteiger partial charge in [0.1, 0.15) is 4.99 Å². The van der Waals surface area contributed by atoms with Gasteiger partial charge in [0.2, 0.25) is 0 Å². The molecule has 30 heavy (non-hydrogen) atoms. The van der Waals surface area contributed by atoms with Crippen molar-refractivity contribution in [1.29, 1.82) is 0 Å². The van der Waals surface area contributed by atoms with Crippen LogP contribution in [0, 0.1) is 0 Å². The Morgan fingerprint density at radius 2 is 1.53 bits per heavy atom. The van der Waals surface area contributed by atoms with Gasteiger partial charge in [-0.1, -0.05) is 12.2 Å². The van der Waals surface area contributed by atoms with Crippen LogP contribution in [0.4, 0.5) is 0 Å². The van der Waals surface area contributed by atoms with Crippen LogP contribution in [-0.4, -0.2) is 49.8 Å². The van der Waals surface area contributed by atoms with Gasteiger partial charge < -0.3 is 23.8 Å². The van der Waals surface area contributed by atoms with E-state index in [1.807, 2.05) is 19.1 Å². The number of methoxy groups -OCH3 is 2. The van der Waals surface area contributed by atoms with Gasteiger partial charge in [0.25, 0.3) is 0 Å². The number of piperidine rings is 1. The molecule has 0 bridgehead atoms. The fraction of sp³-hybridized carbons (Fsp3) is 0.391. The fourth-order valence-electron chi connectivity index (χ4n) is 3.40. The molecule has 0 radical (unpaired) electrons. The minimum absolute atomic E-state index is 0.349. The zero-order valence-electron chi connectivity index (χ0n) is 17.6. The summed E-state index contributed by atoms with van der Waals surface area (Å²) in [5, 5.41) is 0. The third-order valence-corrected chi connectivity index (χ3v) is 5.45. The van der Waals surface area contributed by atoms with E-state index in [1.165, 1.54) is 13.5 Å². The summed E-state index contributed by atoms with van der Waals surface area (Å²) in [6.45, 7) is 4.27. The third-order valence-electron chi connectivity index (χ3n) is 4.96. The topological polar surface area (TPSA) is 57.2 Å². The quantitative estimate of drug-likeness (QED) is 0.365. The zero-order chi connectivity index (χ0) is 21.5. The number of benzene rings is 2. The second kappa shape index (κ2) is 10.3. The molecule has 3 rings (SSSR count). The molecule has 2 aromatic carbocycles. The van der Waals surface area contributed by atoms with Crippen LogP contribution in [0.15, 0.2) is 36.4 Å². The van der Waals surface area contributed by atoms with Crippen LogP contribution < -0.4 is 18.9 Å². The highest BCUT2D eigenvalue weighted by molar-refractivity contribution is 7.80. The molecule has 0 spiro atoms. The number of rotatable bonds is 7. The molecule has 6 nitrogen and oxygen atoms in total. The van der Waals surface area contributed by atoms with E-state index >= 15 is 0 Å². The van der Waals surface area contributed by atoms with Crippen molar-refractivity contribution in [2.75, 3.05) is 33.9 Å². The zero-order valence-corrected chi connectivity index (χ0v) is 18.4. The molecule has 1 fully saturated rings. The summed E-state index contributed by atoms with van der Waals surface area (Å²) >= 11 is 5.68. The lowest BCUT2D eigenvalue weighted by Crippen LogP contribution is -2.34. The highest BCUT2D eigenvalue weighted by Gasteiger charge is 2.19. The number of hydrogen-bond acceptors (Lipinski definition) is 6. The lowest BCUT2D eigenvalue weighted by molar-refractivity contribution is 0.0728. The molecule has 1 saturated heterocycles. The summed E-state index contributed by atoms with van der Waals surface area (Å²) in [6.07, 6.45) is 3.55. The molecule has 1 aliphatic rings. The highest BCUT2D eigenvalue weighted by atomic mass is 32.1. The molecule has 1 heterocycles. The fourth-order valence-corrected chi connectivity index (χ4v) is 3.70. The monoisotopic (exact) mass is 429 g/mol. The average molecular weight is 430 g/mol. The first kappa shape index (κ1) is 21.9. The summed E-state index contributed by atoms with van der Waals surface area (Å²) in [5.41, 5.74) is 1.24. The van der Waals surface area contributed by atoms with Crippen LogP contribution in [0.2, 0.25) is 0 Å². The lowest BCUT2D eigenvalue weighted by atomic mass is 10.1. The number of nitrogens with zero attached hydrogens (tertiary/aromatic N) is 1. The molecule has 0 amide bonds. The number of esters is 1. The number of likely N-dealkylation sites (tertiary alicyclic amines) is 1. The Kier molecular flexibility index (Phi) is 7.52. The van der Waals surface area contributed by atoms with Gasteiger partial charge in [-0.2, -0.15) is 0 Å². The number of carbonyl (C=O) groups is 1. The maximum Gasteiger partial charge on any atom is 0.343 e. The van der Waals surface area contributed by atoms with E-state index in [2.05, 4.69) is 4.90 Å². The Bertz CT molecular complexity index is 908. The smallest absolute Gasteiger partial charge is 0.343 e. The van der Waals surface area contributed by atoms with Crippen LogP contribution in [0.25, 0.3) is 0 Å². The SMILES string of the molecule is CCOc1cc(C(=S)N2CCCCC2)ccc1OC(=O)c1ccc(OC)c(OC)c1. The van der Waals surface area contributed by atoms with Gasteiger partial charge in [-0.05, 0) is 62.6 Å². The third kappa shape index (κ3) is 5.02. The van der Waals surface area contributed by atoms with E-state index < -0.39 is 5.97 Å². The highest BCUT2D eigenvalue weighted by Crippen LogP contribution is 2.32. The van der Waals surface area contributed by atoms with Crippen LogP contribution in [-0.2, 0) is 0 Å². The summed E-state index contributed by atoms with van der Waals surface area (Å²) in [7, 11) is 3.06. The van der Waals surface area contributed by atoms with Crippen molar-refractivity contribution in [2.45, 2.75) is 26.2 Å². The van der Waals surface area contributed by atoms with E-state index in [1.54, 1.807) is 31.4 Å². The summed E-state index contributed by atoms with van der Waals surface area (Å²) < 4.78 is 21.8. The first-order chi connectivity index (χ1) is 14.6. The van der Waals surface area contributed by atoms with Crippen molar-refractivity contribution in [2.24, 2.45) is 0 Å². The Hall–Kier alpha value is -2.80. The van der Waals surface area contributed by atoms with E-state index in [0.717, 1.165) is 36.5 Å². The van der Waals surface area contributed by atoms with Gasteiger partial charge in [0.05, 0.1) is 26.4 Å². The average Bonchev–Trinajstić information content (AvgIpc) is 2.79. The maximum absolute atomic E-state index is 12.7. The van der Waals surface area contributed by atoms with Gasteiger partial charge in [-0.25, -0.2) is 4.79 Å². The molecular formula is C23H27NO5S. The van der Waals surface area contributed by atoms with E-state index in [0.29, 0.717) is 35.2 Å². The first-order valence-corrected chi connectivity index (χ1v) is 10.5. The van der Waals surface area contributed by atoms with Crippen molar-refractivity contribution in [3.8, 4) is 23.0 Å². The summed E-state index contributed by atoms with van der Waals surface area (Å²) in [4.78, 5) is 15.7. The number of thiocarbonyl (C=S) groups is 1. The van der Waals surface area contributed by atoms with Gasteiger partial charge in [0, 0.05) is 18.7 Å². The second-order valence-corrected chi connectivity index (χ2v) is 7.29. The van der Waals surface area contributed by atoms with Crippen molar-refractivity contribution < 1.29 is 23.7 Å². The molecule has 0 atom stereocenters.